The van der Waals surface area contributed by atoms with Crippen molar-refractivity contribution in [1.29, 1.82) is 0 Å². The van der Waals surface area contributed by atoms with Gasteiger partial charge >= 0.3 is 0 Å². The molecule has 0 fully saturated rings. The van der Waals surface area contributed by atoms with Crippen LogP contribution in [-0.4, -0.2) is 26.6 Å². The van der Waals surface area contributed by atoms with E-state index in [9.17, 15) is 9.90 Å². The quantitative estimate of drug-likeness (QED) is 0.245. The number of hydrogen-bond acceptors (Lipinski definition) is 2. The molecule has 0 rings (SSSR count). The summed E-state index contributed by atoms with van der Waals surface area (Å²) in [5, 5.41) is 9.76. The van der Waals surface area contributed by atoms with Crippen LogP contribution in [0.15, 0.2) is 0 Å². The van der Waals surface area contributed by atoms with Crippen LogP contribution in [-0.2, 0) is 4.79 Å². The first-order valence-electron chi connectivity index (χ1n) is 13.0. The Kier molecular flexibility index (Phi) is 29.0. The minimum Gasteiger partial charge on any atom is -0.550 e. The molecule has 3 nitrogen and oxygen atoms in total. The van der Waals surface area contributed by atoms with E-state index < -0.39 is 5.97 Å². The summed E-state index contributed by atoms with van der Waals surface area (Å²) in [7, 11) is 4.51. The van der Waals surface area contributed by atoms with Crippen molar-refractivity contribution < 1.29 is 14.8 Å². The Balaban J connectivity index is 0. The second-order valence-electron chi connectivity index (χ2n) is 9.09. The van der Waals surface area contributed by atoms with Crippen LogP contribution in [0.2, 0.25) is 0 Å². The zero-order valence-electron chi connectivity index (χ0n) is 20.7. The van der Waals surface area contributed by atoms with Crippen molar-refractivity contribution in [3.63, 3.8) is 0 Å². The molecule has 1 N–H and O–H groups in total. The van der Waals surface area contributed by atoms with Gasteiger partial charge in [0.25, 0.3) is 0 Å². The number of rotatable bonds is 21. The second kappa shape index (κ2) is 27.4. The minimum absolute atomic E-state index is 0.216. The van der Waals surface area contributed by atoms with Crippen molar-refractivity contribution in [3.8, 4) is 0 Å². The lowest BCUT2D eigenvalue weighted by Gasteiger charge is -2.06. The predicted octanol–water partition coefficient (Wildman–Crippen LogP) is 5.71. The third kappa shape index (κ3) is 35.3. The highest BCUT2D eigenvalue weighted by molar-refractivity contribution is 5.63. The van der Waals surface area contributed by atoms with E-state index in [1.807, 2.05) is 6.92 Å². The molecule has 0 amide bonds. The Morgan fingerprint density at radius 3 is 1.17 bits per heavy atom. The van der Waals surface area contributed by atoms with E-state index >= 15 is 0 Å². The van der Waals surface area contributed by atoms with Gasteiger partial charge in [0, 0.05) is 5.97 Å². The summed E-state index contributed by atoms with van der Waals surface area (Å²) in [6.45, 7) is 5.68. The van der Waals surface area contributed by atoms with Crippen molar-refractivity contribution in [3.05, 3.63) is 0 Å². The molecule has 0 aromatic carbocycles. The SMILES string of the molecule is CCCCCC(=O)[O-].CCCCCCCCCCCCCCCCCC[NH+](C)C. The normalized spacial score (nSPS) is 10.8. The fourth-order valence-corrected chi connectivity index (χ4v) is 3.55. The van der Waals surface area contributed by atoms with Gasteiger partial charge in [0.2, 0.25) is 0 Å². The predicted molar refractivity (Wildman–Crippen MR) is 126 cm³/mol. The fourth-order valence-electron chi connectivity index (χ4n) is 3.55. The van der Waals surface area contributed by atoms with Gasteiger partial charge in [-0.1, -0.05) is 117 Å². The molecule has 0 saturated heterocycles. The first-order chi connectivity index (χ1) is 14.0. The van der Waals surface area contributed by atoms with E-state index in [4.69, 9.17) is 0 Å². The summed E-state index contributed by atoms with van der Waals surface area (Å²) >= 11 is 0. The summed E-state index contributed by atoms with van der Waals surface area (Å²) in [5.41, 5.74) is 0. The molecule has 0 atom stereocenters. The molecule has 0 aromatic heterocycles. The van der Waals surface area contributed by atoms with E-state index in [2.05, 4.69) is 21.0 Å². The number of hydrogen-bond donors (Lipinski definition) is 1. The molecule has 0 radical (unpaired) electrons. The van der Waals surface area contributed by atoms with Gasteiger partial charge in [-0.05, 0) is 25.7 Å². The molecule has 29 heavy (non-hydrogen) atoms. The molecule has 0 aliphatic carbocycles. The molecule has 0 aliphatic heterocycles. The number of aliphatic carboxylic acids is 1. The first kappa shape index (κ1) is 30.6. The number of carboxylic acids is 1. The largest absolute Gasteiger partial charge is 0.550 e. The van der Waals surface area contributed by atoms with Crippen LogP contribution in [0.25, 0.3) is 0 Å². The number of carboxylic acid groups (broad SMARTS) is 1. The minimum atomic E-state index is -0.932. The molecule has 0 saturated carbocycles. The Morgan fingerprint density at radius 1 is 0.552 bits per heavy atom. The Hall–Kier alpha value is -0.570. The molecule has 0 unspecified atom stereocenters. The summed E-state index contributed by atoms with van der Waals surface area (Å²) in [6, 6.07) is 0. The van der Waals surface area contributed by atoms with Crippen LogP contribution in [0.5, 0.6) is 0 Å². The number of nitrogens with one attached hydrogen (secondary N) is 1. The third-order valence-electron chi connectivity index (χ3n) is 5.51. The summed E-state index contributed by atoms with van der Waals surface area (Å²) in [5.74, 6) is -0.932. The highest BCUT2D eigenvalue weighted by Gasteiger charge is 1.96. The highest BCUT2D eigenvalue weighted by atomic mass is 16.4. The maximum Gasteiger partial charge on any atom is 0.0766 e. The summed E-state index contributed by atoms with van der Waals surface area (Å²) in [4.78, 5) is 11.4. The van der Waals surface area contributed by atoms with Gasteiger partial charge in [-0.2, -0.15) is 0 Å². The van der Waals surface area contributed by atoms with Crippen LogP contribution < -0.4 is 10.0 Å². The molecular formula is C26H55NO2. The molecule has 176 valence electrons. The maximum absolute atomic E-state index is 9.76. The average Bonchev–Trinajstić information content (AvgIpc) is 2.68. The summed E-state index contributed by atoms with van der Waals surface area (Å²) in [6.07, 6.45) is 26.5. The van der Waals surface area contributed by atoms with Gasteiger partial charge in [0.15, 0.2) is 0 Å². The number of quaternary nitrogens is 1. The maximum atomic E-state index is 9.76. The van der Waals surface area contributed by atoms with E-state index in [1.54, 1.807) is 4.90 Å². The van der Waals surface area contributed by atoms with Crippen molar-refractivity contribution in [1.82, 2.24) is 0 Å². The van der Waals surface area contributed by atoms with Crippen molar-refractivity contribution in [2.24, 2.45) is 0 Å². The molecule has 0 heterocycles. The van der Waals surface area contributed by atoms with Crippen molar-refractivity contribution in [2.75, 3.05) is 20.6 Å². The number of carbonyl (C=O) groups is 1. The highest BCUT2D eigenvalue weighted by Crippen LogP contribution is 2.13. The lowest BCUT2D eigenvalue weighted by Crippen LogP contribution is -3.05. The van der Waals surface area contributed by atoms with Crippen LogP contribution in [0.1, 0.15) is 142 Å². The molecule has 3 heteroatoms. The molecular weight excluding hydrogens is 358 g/mol. The molecule has 0 spiro atoms. The van der Waals surface area contributed by atoms with Crippen LogP contribution in [0.3, 0.4) is 0 Å². The first-order valence-corrected chi connectivity index (χ1v) is 13.0. The van der Waals surface area contributed by atoms with Gasteiger partial charge in [-0.15, -0.1) is 0 Å². The number of unbranched alkanes of at least 4 members (excludes halogenated alkanes) is 17. The second-order valence-corrected chi connectivity index (χ2v) is 9.09. The van der Waals surface area contributed by atoms with E-state index in [0.717, 1.165) is 19.3 Å². The Morgan fingerprint density at radius 2 is 0.862 bits per heavy atom. The molecule has 0 aromatic rings. The van der Waals surface area contributed by atoms with E-state index in [-0.39, 0.29) is 6.42 Å². The van der Waals surface area contributed by atoms with E-state index in [0.29, 0.717) is 0 Å². The molecule has 0 aliphatic rings. The van der Waals surface area contributed by atoms with Gasteiger partial charge in [-0.3, -0.25) is 0 Å². The lowest BCUT2D eigenvalue weighted by atomic mass is 10.0. The Labute approximate surface area is 184 Å². The van der Waals surface area contributed by atoms with Crippen LogP contribution in [0, 0.1) is 0 Å². The smallest absolute Gasteiger partial charge is 0.0766 e. The fraction of sp³-hybridized carbons (Fsp3) is 0.962. The van der Waals surface area contributed by atoms with E-state index in [1.165, 1.54) is 109 Å². The standard InChI is InChI=1S/C20H43N.C6H12O2/c1-4-5-6-7-8-9-10-11-12-13-14-15-16-17-18-19-20-21(2)3;1-2-3-4-5-6(7)8/h4-20H2,1-3H3;2-5H2,1H3,(H,7,8). The Bertz CT molecular complexity index is 305. The zero-order valence-corrected chi connectivity index (χ0v) is 20.7. The van der Waals surface area contributed by atoms with Gasteiger partial charge in [-0.25, -0.2) is 0 Å². The third-order valence-corrected chi connectivity index (χ3v) is 5.51. The molecule has 0 bridgehead atoms. The topological polar surface area (TPSA) is 44.6 Å². The lowest BCUT2D eigenvalue weighted by molar-refractivity contribution is -0.858. The van der Waals surface area contributed by atoms with Crippen LogP contribution in [0.4, 0.5) is 0 Å². The average molecular weight is 414 g/mol. The summed E-state index contributed by atoms with van der Waals surface area (Å²) < 4.78 is 0. The number of carbonyl (C=O) groups excluding carboxylic acids is 1. The van der Waals surface area contributed by atoms with Crippen molar-refractivity contribution >= 4 is 5.97 Å². The monoisotopic (exact) mass is 413 g/mol. The van der Waals surface area contributed by atoms with Crippen molar-refractivity contribution in [2.45, 2.75) is 142 Å². The van der Waals surface area contributed by atoms with Gasteiger partial charge in [0.05, 0.1) is 20.6 Å². The zero-order chi connectivity index (χ0) is 22.0. The van der Waals surface area contributed by atoms with Crippen LogP contribution >= 0.6 is 0 Å². The van der Waals surface area contributed by atoms with Gasteiger partial charge in [0.1, 0.15) is 0 Å². The van der Waals surface area contributed by atoms with Gasteiger partial charge < -0.3 is 14.8 Å².